The third-order valence-corrected chi connectivity index (χ3v) is 2.98. The summed E-state index contributed by atoms with van der Waals surface area (Å²) in [4.78, 5) is 23.4. The number of methoxy groups -OCH3 is 1. The standard InChI is InChI=1S/C14H19N3O4/c1-20-7-6-15-13(18)9-17-14(19)12-8-16-10-4-2-3-5-11(10)21-12/h2-5,12,16H,6-9H2,1H3,(H,15,18)(H,17,19). The van der Waals surface area contributed by atoms with Gasteiger partial charge in [0.25, 0.3) is 5.91 Å². The van der Waals surface area contributed by atoms with Gasteiger partial charge in [-0.05, 0) is 12.1 Å². The molecule has 21 heavy (non-hydrogen) atoms. The Morgan fingerprint density at radius 3 is 3.00 bits per heavy atom. The van der Waals surface area contributed by atoms with E-state index in [-0.39, 0.29) is 18.4 Å². The largest absolute Gasteiger partial charge is 0.477 e. The molecule has 1 aromatic rings. The van der Waals surface area contributed by atoms with E-state index < -0.39 is 6.10 Å². The molecule has 1 aliphatic rings. The Balaban J connectivity index is 1.76. The van der Waals surface area contributed by atoms with Crippen molar-refractivity contribution in [3.63, 3.8) is 0 Å². The molecular weight excluding hydrogens is 274 g/mol. The second-order valence-electron chi connectivity index (χ2n) is 4.54. The molecular formula is C14H19N3O4. The number of nitrogens with one attached hydrogen (secondary N) is 3. The predicted molar refractivity (Wildman–Crippen MR) is 77.2 cm³/mol. The predicted octanol–water partition coefficient (Wildman–Crippen LogP) is -0.262. The van der Waals surface area contributed by atoms with Gasteiger partial charge in [0.05, 0.1) is 25.4 Å². The van der Waals surface area contributed by atoms with Gasteiger partial charge in [0.1, 0.15) is 5.75 Å². The smallest absolute Gasteiger partial charge is 0.263 e. The number of hydrogen-bond acceptors (Lipinski definition) is 5. The lowest BCUT2D eigenvalue weighted by Gasteiger charge is -2.26. The highest BCUT2D eigenvalue weighted by Crippen LogP contribution is 2.27. The van der Waals surface area contributed by atoms with Crippen LogP contribution in [-0.2, 0) is 14.3 Å². The van der Waals surface area contributed by atoms with Crippen LogP contribution in [0.25, 0.3) is 0 Å². The number of carbonyl (C=O) groups excluding carboxylic acids is 2. The van der Waals surface area contributed by atoms with Gasteiger partial charge < -0.3 is 25.4 Å². The lowest BCUT2D eigenvalue weighted by atomic mass is 10.2. The molecule has 1 unspecified atom stereocenters. The SMILES string of the molecule is COCCNC(=O)CNC(=O)C1CNc2ccccc2O1. The summed E-state index contributed by atoms with van der Waals surface area (Å²) in [5, 5.41) is 8.30. The molecule has 0 saturated heterocycles. The van der Waals surface area contributed by atoms with Crippen molar-refractivity contribution in [2.75, 3.05) is 38.7 Å². The minimum absolute atomic E-state index is 0.0793. The topological polar surface area (TPSA) is 88.7 Å². The first-order valence-corrected chi connectivity index (χ1v) is 6.73. The lowest BCUT2D eigenvalue weighted by Crippen LogP contribution is -2.47. The molecule has 7 nitrogen and oxygen atoms in total. The van der Waals surface area contributed by atoms with Gasteiger partial charge in [-0.15, -0.1) is 0 Å². The zero-order chi connectivity index (χ0) is 15.1. The van der Waals surface area contributed by atoms with Crippen LogP contribution in [0.3, 0.4) is 0 Å². The monoisotopic (exact) mass is 293 g/mol. The molecule has 2 rings (SSSR count). The molecule has 114 valence electrons. The van der Waals surface area contributed by atoms with E-state index in [1.807, 2.05) is 18.2 Å². The molecule has 1 aliphatic heterocycles. The highest BCUT2D eigenvalue weighted by Gasteiger charge is 2.25. The summed E-state index contributed by atoms with van der Waals surface area (Å²) < 4.78 is 10.4. The van der Waals surface area contributed by atoms with Crippen LogP contribution in [0.1, 0.15) is 0 Å². The first-order chi connectivity index (χ1) is 10.2. The number of hydrogen-bond donors (Lipinski definition) is 3. The Kier molecular flexibility index (Phi) is 5.39. The molecule has 0 fully saturated rings. The molecule has 1 atom stereocenters. The van der Waals surface area contributed by atoms with Crippen LogP contribution < -0.4 is 20.7 Å². The third kappa shape index (κ3) is 4.35. The van der Waals surface area contributed by atoms with E-state index in [0.717, 1.165) is 5.69 Å². The van der Waals surface area contributed by atoms with Gasteiger partial charge >= 0.3 is 0 Å². The first-order valence-electron chi connectivity index (χ1n) is 6.73. The molecule has 1 heterocycles. The number of amides is 2. The summed E-state index contributed by atoms with van der Waals surface area (Å²) in [5.41, 5.74) is 0.860. The first kappa shape index (κ1) is 15.1. The summed E-state index contributed by atoms with van der Waals surface area (Å²) >= 11 is 0. The fraction of sp³-hybridized carbons (Fsp3) is 0.429. The van der Waals surface area contributed by atoms with E-state index >= 15 is 0 Å². The second kappa shape index (κ2) is 7.49. The zero-order valence-corrected chi connectivity index (χ0v) is 11.8. The summed E-state index contributed by atoms with van der Waals surface area (Å²) in [6.45, 7) is 1.14. The molecule has 0 aromatic heterocycles. The average molecular weight is 293 g/mol. The van der Waals surface area contributed by atoms with E-state index in [9.17, 15) is 9.59 Å². The van der Waals surface area contributed by atoms with E-state index in [4.69, 9.17) is 9.47 Å². The molecule has 0 radical (unpaired) electrons. The van der Waals surface area contributed by atoms with Gasteiger partial charge in [-0.3, -0.25) is 9.59 Å². The van der Waals surface area contributed by atoms with E-state index in [1.54, 1.807) is 13.2 Å². The fourth-order valence-electron chi connectivity index (χ4n) is 1.90. The Labute approximate surface area is 123 Å². The number of carbonyl (C=O) groups is 2. The van der Waals surface area contributed by atoms with Gasteiger partial charge in [-0.25, -0.2) is 0 Å². The molecule has 0 bridgehead atoms. The maximum absolute atomic E-state index is 12.0. The average Bonchev–Trinajstić information content (AvgIpc) is 2.52. The Morgan fingerprint density at radius 2 is 2.19 bits per heavy atom. The second-order valence-corrected chi connectivity index (χ2v) is 4.54. The number of para-hydroxylation sites is 2. The van der Waals surface area contributed by atoms with Crippen LogP contribution in [0.5, 0.6) is 5.75 Å². The minimum atomic E-state index is -0.647. The summed E-state index contributed by atoms with van der Waals surface area (Å²) in [5.74, 6) is 0.0527. The van der Waals surface area contributed by atoms with Crippen molar-refractivity contribution in [2.24, 2.45) is 0 Å². The summed E-state index contributed by atoms with van der Waals surface area (Å²) in [6.07, 6.45) is -0.647. The maximum atomic E-state index is 12.0. The highest BCUT2D eigenvalue weighted by atomic mass is 16.5. The Morgan fingerprint density at radius 1 is 1.38 bits per heavy atom. The van der Waals surface area contributed by atoms with Crippen molar-refractivity contribution >= 4 is 17.5 Å². The molecule has 0 spiro atoms. The maximum Gasteiger partial charge on any atom is 0.263 e. The van der Waals surface area contributed by atoms with Gasteiger partial charge in [-0.2, -0.15) is 0 Å². The van der Waals surface area contributed by atoms with Crippen molar-refractivity contribution in [1.82, 2.24) is 10.6 Å². The number of ether oxygens (including phenoxy) is 2. The summed E-state index contributed by atoms with van der Waals surface area (Å²) in [7, 11) is 1.55. The molecule has 0 saturated carbocycles. The van der Waals surface area contributed by atoms with Crippen molar-refractivity contribution in [1.29, 1.82) is 0 Å². The summed E-state index contributed by atoms with van der Waals surface area (Å²) in [6, 6.07) is 7.40. The Hall–Kier alpha value is -2.28. The molecule has 0 aliphatic carbocycles. The molecule has 2 amide bonds. The number of anilines is 1. The van der Waals surface area contributed by atoms with Crippen LogP contribution >= 0.6 is 0 Å². The highest BCUT2D eigenvalue weighted by molar-refractivity contribution is 5.88. The van der Waals surface area contributed by atoms with E-state index in [2.05, 4.69) is 16.0 Å². The molecule has 1 aromatic carbocycles. The van der Waals surface area contributed by atoms with Crippen LogP contribution in [0.4, 0.5) is 5.69 Å². The van der Waals surface area contributed by atoms with Crippen LogP contribution in [0.15, 0.2) is 24.3 Å². The van der Waals surface area contributed by atoms with Crippen molar-refractivity contribution in [3.05, 3.63) is 24.3 Å². The zero-order valence-electron chi connectivity index (χ0n) is 11.8. The minimum Gasteiger partial charge on any atom is -0.477 e. The van der Waals surface area contributed by atoms with E-state index in [1.165, 1.54) is 0 Å². The van der Waals surface area contributed by atoms with Gasteiger partial charge in [-0.1, -0.05) is 12.1 Å². The van der Waals surface area contributed by atoms with Gasteiger partial charge in [0.2, 0.25) is 5.91 Å². The van der Waals surface area contributed by atoms with Crippen molar-refractivity contribution in [3.8, 4) is 5.75 Å². The van der Waals surface area contributed by atoms with Gasteiger partial charge in [0.15, 0.2) is 6.10 Å². The van der Waals surface area contributed by atoms with Gasteiger partial charge in [0, 0.05) is 13.7 Å². The molecule has 7 heteroatoms. The number of fused-ring (bicyclic) bond motifs is 1. The number of benzene rings is 1. The third-order valence-electron chi connectivity index (χ3n) is 2.98. The molecule has 3 N–H and O–H groups in total. The van der Waals surface area contributed by atoms with Crippen LogP contribution in [-0.4, -0.2) is 51.3 Å². The van der Waals surface area contributed by atoms with Crippen LogP contribution in [0, 0.1) is 0 Å². The lowest BCUT2D eigenvalue weighted by molar-refractivity contribution is -0.130. The number of rotatable bonds is 6. The fourth-order valence-corrected chi connectivity index (χ4v) is 1.90. The van der Waals surface area contributed by atoms with Crippen molar-refractivity contribution < 1.29 is 19.1 Å². The normalized spacial score (nSPS) is 16.1. The Bertz CT molecular complexity index is 507. The van der Waals surface area contributed by atoms with Crippen molar-refractivity contribution in [2.45, 2.75) is 6.10 Å². The van der Waals surface area contributed by atoms with Crippen LogP contribution in [0.2, 0.25) is 0 Å². The quantitative estimate of drug-likeness (QED) is 0.629. The van der Waals surface area contributed by atoms with E-state index in [0.29, 0.717) is 25.4 Å².